The number of phenols is 1. The van der Waals surface area contributed by atoms with Crippen molar-refractivity contribution in [3.63, 3.8) is 0 Å². The number of nitrogens with zero attached hydrogens (tertiary/aromatic N) is 1. The first-order valence-corrected chi connectivity index (χ1v) is 6.55. The molecule has 1 heterocycles. The molecule has 1 aliphatic heterocycles. The van der Waals surface area contributed by atoms with Crippen LogP contribution in [0.4, 0.5) is 10.5 Å². The number of carboxylic acid groups (broad SMARTS) is 1. The Hall–Kier alpha value is -2.28. The number of urea groups is 1. The minimum Gasteiger partial charge on any atom is -0.505 e. The van der Waals surface area contributed by atoms with E-state index in [4.69, 9.17) is 9.84 Å². The molecule has 7 nitrogen and oxygen atoms in total. The number of carboxylic acids is 1. The maximum absolute atomic E-state index is 12.2. The summed E-state index contributed by atoms with van der Waals surface area (Å²) in [5.74, 6) is -1.71. The molecule has 0 spiro atoms. The van der Waals surface area contributed by atoms with Gasteiger partial charge < -0.3 is 25.2 Å². The lowest BCUT2D eigenvalue weighted by Gasteiger charge is -2.38. The van der Waals surface area contributed by atoms with E-state index in [0.29, 0.717) is 19.7 Å². The molecule has 1 fully saturated rings. The number of hydrogen-bond acceptors (Lipinski definition) is 4. The molecule has 3 N–H and O–H groups in total. The van der Waals surface area contributed by atoms with Gasteiger partial charge in [-0.2, -0.15) is 0 Å². The number of para-hydroxylation sites is 1. The molecular weight excluding hydrogens is 276 g/mol. The summed E-state index contributed by atoms with van der Waals surface area (Å²) in [6.45, 7) is 5.05. The molecule has 1 saturated heterocycles. The van der Waals surface area contributed by atoms with E-state index < -0.39 is 23.4 Å². The first-order chi connectivity index (χ1) is 9.80. The number of nitrogens with one attached hydrogen (secondary N) is 1. The van der Waals surface area contributed by atoms with Crippen LogP contribution in [-0.2, 0) is 4.74 Å². The molecule has 0 unspecified atom stereocenters. The van der Waals surface area contributed by atoms with Gasteiger partial charge in [-0.15, -0.1) is 0 Å². The normalized spacial score (nSPS) is 17.3. The highest BCUT2D eigenvalue weighted by molar-refractivity contribution is 5.97. The van der Waals surface area contributed by atoms with Crippen molar-refractivity contribution in [3.05, 3.63) is 23.8 Å². The van der Waals surface area contributed by atoms with Gasteiger partial charge in [-0.25, -0.2) is 9.59 Å². The van der Waals surface area contributed by atoms with Crippen LogP contribution in [0, 0.1) is 0 Å². The second-order valence-electron chi connectivity index (χ2n) is 5.47. The van der Waals surface area contributed by atoms with Gasteiger partial charge in [0.15, 0.2) is 5.75 Å². The van der Waals surface area contributed by atoms with Crippen molar-refractivity contribution in [1.29, 1.82) is 0 Å². The number of ether oxygens (including phenoxy) is 1. The third-order valence-electron chi connectivity index (χ3n) is 3.22. The van der Waals surface area contributed by atoms with Crippen LogP contribution in [0.1, 0.15) is 24.2 Å². The molecule has 21 heavy (non-hydrogen) atoms. The Balaban J connectivity index is 2.13. The average Bonchev–Trinajstić information content (AvgIpc) is 2.39. The first-order valence-electron chi connectivity index (χ1n) is 6.55. The summed E-state index contributed by atoms with van der Waals surface area (Å²) in [6, 6.07) is 3.78. The highest BCUT2D eigenvalue weighted by atomic mass is 16.5. The van der Waals surface area contributed by atoms with Gasteiger partial charge >= 0.3 is 12.0 Å². The average molecular weight is 294 g/mol. The summed E-state index contributed by atoms with van der Waals surface area (Å²) in [7, 11) is 0. The molecule has 1 aliphatic rings. The predicted molar refractivity (Wildman–Crippen MR) is 75.7 cm³/mol. The van der Waals surface area contributed by atoms with E-state index in [1.807, 2.05) is 13.8 Å². The number of morpholine rings is 1. The standard InChI is InChI=1S/C14H18N2O5/c1-14(2)8-16(6-7-21-14)13(20)15-10-5-3-4-9(11(10)17)12(18)19/h3-5,17H,6-8H2,1-2H3,(H,15,20)(H,18,19). The Kier molecular flexibility index (Phi) is 4.04. The SMILES string of the molecule is CC1(C)CN(C(=O)Nc2cccc(C(=O)O)c2O)CCO1. The lowest BCUT2D eigenvalue weighted by atomic mass is 10.1. The zero-order valence-electron chi connectivity index (χ0n) is 11.9. The zero-order valence-corrected chi connectivity index (χ0v) is 11.9. The van der Waals surface area contributed by atoms with Crippen LogP contribution < -0.4 is 5.32 Å². The molecule has 7 heteroatoms. The van der Waals surface area contributed by atoms with Crippen molar-refractivity contribution in [2.24, 2.45) is 0 Å². The van der Waals surface area contributed by atoms with Crippen molar-refractivity contribution < 1.29 is 24.5 Å². The van der Waals surface area contributed by atoms with Crippen LogP contribution in [0.2, 0.25) is 0 Å². The number of rotatable bonds is 2. The van der Waals surface area contributed by atoms with Crippen LogP contribution in [-0.4, -0.2) is 52.4 Å². The quantitative estimate of drug-likeness (QED) is 0.721. The fraction of sp³-hybridized carbons (Fsp3) is 0.429. The predicted octanol–water partition coefficient (Wildman–Crippen LogP) is 1.73. The molecule has 0 aromatic heterocycles. The minimum atomic E-state index is -1.25. The molecule has 0 saturated carbocycles. The van der Waals surface area contributed by atoms with Gasteiger partial charge in [0.2, 0.25) is 0 Å². The number of hydrogen-bond donors (Lipinski definition) is 3. The number of carbonyl (C=O) groups is 2. The zero-order chi connectivity index (χ0) is 15.6. The minimum absolute atomic E-state index is 0.0733. The van der Waals surface area contributed by atoms with Gasteiger partial charge in [-0.1, -0.05) is 6.07 Å². The molecular formula is C14H18N2O5. The van der Waals surface area contributed by atoms with E-state index in [-0.39, 0.29) is 11.3 Å². The van der Waals surface area contributed by atoms with Crippen molar-refractivity contribution in [3.8, 4) is 5.75 Å². The number of anilines is 1. The Morgan fingerprint density at radius 3 is 2.71 bits per heavy atom. The topological polar surface area (TPSA) is 99.1 Å². The van der Waals surface area contributed by atoms with Gasteiger partial charge in [-0.3, -0.25) is 0 Å². The monoisotopic (exact) mass is 294 g/mol. The highest BCUT2D eigenvalue weighted by Crippen LogP contribution is 2.28. The van der Waals surface area contributed by atoms with E-state index in [1.54, 1.807) is 4.90 Å². The van der Waals surface area contributed by atoms with Gasteiger partial charge in [0, 0.05) is 6.54 Å². The fourth-order valence-corrected chi connectivity index (χ4v) is 2.20. The van der Waals surface area contributed by atoms with Gasteiger partial charge in [0.1, 0.15) is 5.56 Å². The number of benzene rings is 1. The number of carbonyl (C=O) groups excluding carboxylic acids is 1. The van der Waals surface area contributed by atoms with E-state index in [9.17, 15) is 14.7 Å². The summed E-state index contributed by atoms with van der Waals surface area (Å²) in [4.78, 5) is 24.7. The van der Waals surface area contributed by atoms with E-state index in [2.05, 4.69) is 5.32 Å². The van der Waals surface area contributed by atoms with Crippen molar-refractivity contribution >= 4 is 17.7 Å². The van der Waals surface area contributed by atoms with Gasteiger partial charge in [-0.05, 0) is 26.0 Å². The highest BCUT2D eigenvalue weighted by Gasteiger charge is 2.30. The first kappa shape index (κ1) is 15.1. The number of amides is 2. The molecule has 2 rings (SSSR count). The smallest absolute Gasteiger partial charge is 0.339 e. The van der Waals surface area contributed by atoms with E-state index in [1.165, 1.54) is 18.2 Å². The van der Waals surface area contributed by atoms with Crippen LogP contribution in [0.25, 0.3) is 0 Å². The third-order valence-corrected chi connectivity index (χ3v) is 3.22. The Labute approximate surface area is 122 Å². The van der Waals surface area contributed by atoms with Crippen LogP contribution >= 0.6 is 0 Å². The van der Waals surface area contributed by atoms with E-state index >= 15 is 0 Å². The van der Waals surface area contributed by atoms with Gasteiger partial charge in [0.25, 0.3) is 0 Å². The molecule has 0 aliphatic carbocycles. The number of aromatic hydroxyl groups is 1. The molecule has 114 valence electrons. The molecule has 2 amide bonds. The molecule has 0 bridgehead atoms. The Morgan fingerprint density at radius 1 is 1.38 bits per heavy atom. The second kappa shape index (κ2) is 5.61. The molecule has 1 aromatic carbocycles. The van der Waals surface area contributed by atoms with Crippen LogP contribution in [0.15, 0.2) is 18.2 Å². The third kappa shape index (κ3) is 3.43. The second-order valence-corrected chi connectivity index (χ2v) is 5.47. The molecule has 0 radical (unpaired) electrons. The number of aromatic carboxylic acids is 1. The molecule has 1 aromatic rings. The Bertz CT molecular complexity index is 570. The van der Waals surface area contributed by atoms with Crippen LogP contribution in [0.5, 0.6) is 5.75 Å². The summed E-state index contributed by atoms with van der Waals surface area (Å²) in [6.07, 6.45) is 0. The summed E-state index contributed by atoms with van der Waals surface area (Å²) < 4.78 is 5.52. The van der Waals surface area contributed by atoms with Crippen molar-refractivity contribution in [2.45, 2.75) is 19.4 Å². The summed E-state index contributed by atoms with van der Waals surface area (Å²) >= 11 is 0. The van der Waals surface area contributed by atoms with Crippen molar-refractivity contribution in [1.82, 2.24) is 4.90 Å². The summed E-state index contributed by atoms with van der Waals surface area (Å²) in [5, 5.41) is 21.3. The van der Waals surface area contributed by atoms with Crippen molar-refractivity contribution in [2.75, 3.05) is 25.0 Å². The summed E-state index contributed by atoms with van der Waals surface area (Å²) in [5.41, 5.74) is -0.611. The maximum atomic E-state index is 12.2. The lowest BCUT2D eigenvalue weighted by molar-refractivity contribution is -0.0720. The fourth-order valence-electron chi connectivity index (χ4n) is 2.20. The van der Waals surface area contributed by atoms with Gasteiger partial charge in [0.05, 0.1) is 24.4 Å². The van der Waals surface area contributed by atoms with Crippen LogP contribution in [0.3, 0.4) is 0 Å². The lowest BCUT2D eigenvalue weighted by Crippen LogP contribution is -2.51. The maximum Gasteiger partial charge on any atom is 0.339 e. The Morgan fingerprint density at radius 2 is 2.10 bits per heavy atom. The van der Waals surface area contributed by atoms with E-state index in [0.717, 1.165) is 0 Å². The molecule has 0 atom stereocenters. The largest absolute Gasteiger partial charge is 0.505 e.